The molecule has 1 fully saturated rings. The molecule has 2 nitrogen and oxygen atoms in total. The Morgan fingerprint density at radius 1 is 0.955 bits per heavy atom. The molecule has 0 radical (unpaired) electrons. The Morgan fingerprint density at radius 3 is 2.41 bits per heavy atom. The van der Waals surface area contributed by atoms with E-state index in [1.807, 2.05) is 18.2 Å². The molecule has 22 heavy (non-hydrogen) atoms. The van der Waals surface area contributed by atoms with Crippen molar-refractivity contribution < 1.29 is 4.74 Å². The number of rotatable bonds is 5. The van der Waals surface area contributed by atoms with Gasteiger partial charge in [-0.25, -0.2) is 0 Å². The molecule has 2 heteroatoms. The van der Waals surface area contributed by atoms with Crippen LogP contribution in [0.4, 0.5) is 5.69 Å². The van der Waals surface area contributed by atoms with Gasteiger partial charge in [-0.2, -0.15) is 0 Å². The van der Waals surface area contributed by atoms with Crippen molar-refractivity contribution in [3.63, 3.8) is 0 Å². The molecule has 116 valence electrons. The maximum atomic E-state index is 5.39. The second-order valence-electron chi connectivity index (χ2n) is 6.12. The van der Waals surface area contributed by atoms with Crippen molar-refractivity contribution in [3.8, 4) is 5.75 Å². The largest absolute Gasteiger partial charge is 0.496 e. The number of hydrogen-bond acceptors (Lipinski definition) is 2. The predicted molar refractivity (Wildman–Crippen MR) is 92.6 cm³/mol. The summed E-state index contributed by atoms with van der Waals surface area (Å²) in [6.07, 6.45) is 6.90. The zero-order valence-corrected chi connectivity index (χ0v) is 13.3. The van der Waals surface area contributed by atoms with Crippen LogP contribution >= 0.6 is 0 Å². The first-order valence-corrected chi connectivity index (χ1v) is 8.32. The van der Waals surface area contributed by atoms with E-state index >= 15 is 0 Å². The van der Waals surface area contributed by atoms with Crippen LogP contribution in [-0.2, 0) is 6.54 Å². The highest BCUT2D eigenvalue weighted by Gasteiger charge is 2.15. The summed E-state index contributed by atoms with van der Waals surface area (Å²) in [5, 5.41) is 3.49. The average molecular weight is 295 g/mol. The summed E-state index contributed by atoms with van der Waals surface area (Å²) < 4.78 is 5.39. The second kappa shape index (κ2) is 7.35. The van der Waals surface area contributed by atoms with E-state index in [4.69, 9.17) is 4.74 Å². The summed E-state index contributed by atoms with van der Waals surface area (Å²) >= 11 is 0. The molecule has 2 aromatic carbocycles. The maximum Gasteiger partial charge on any atom is 0.123 e. The van der Waals surface area contributed by atoms with Gasteiger partial charge in [-0.1, -0.05) is 49.6 Å². The summed E-state index contributed by atoms with van der Waals surface area (Å²) in [4.78, 5) is 0. The quantitative estimate of drug-likeness (QED) is 0.802. The van der Waals surface area contributed by atoms with Gasteiger partial charge >= 0.3 is 0 Å². The number of methoxy groups -OCH3 is 1. The smallest absolute Gasteiger partial charge is 0.123 e. The molecular weight excluding hydrogens is 270 g/mol. The van der Waals surface area contributed by atoms with E-state index in [2.05, 4.69) is 35.6 Å². The van der Waals surface area contributed by atoms with Crippen molar-refractivity contribution in [2.24, 2.45) is 0 Å². The lowest BCUT2D eigenvalue weighted by Gasteiger charge is -2.22. The first-order chi connectivity index (χ1) is 10.9. The van der Waals surface area contributed by atoms with Crippen LogP contribution in [0.3, 0.4) is 0 Å². The summed E-state index contributed by atoms with van der Waals surface area (Å²) in [5.74, 6) is 1.71. The van der Waals surface area contributed by atoms with Gasteiger partial charge in [0.15, 0.2) is 0 Å². The molecule has 0 saturated heterocycles. The molecular formula is C20H25NO. The van der Waals surface area contributed by atoms with Crippen LogP contribution in [-0.4, -0.2) is 7.11 Å². The maximum absolute atomic E-state index is 5.39. The first kappa shape index (κ1) is 15.0. The fourth-order valence-corrected chi connectivity index (χ4v) is 3.36. The number of ether oxygens (including phenoxy) is 1. The molecule has 0 heterocycles. The lowest BCUT2D eigenvalue weighted by molar-refractivity contribution is 0.410. The minimum Gasteiger partial charge on any atom is -0.496 e. The van der Waals surface area contributed by atoms with Gasteiger partial charge in [0.05, 0.1) is 7.11 Å². The Labute approximate surface area is 133 Å². The molecule has 3 rings (SSSR count). The number of anilines is 1. The fraction of sp³-hybridized carbons (Fsp3) is 0.400. The van der Waals surface area contributed by atoms with E-state index in [1.165, 1.54) is 48.9 Å². The molecule has 0 aromatic heterocycles. The van der Waals surface area contributed by atoms with Crippen molar-refractivity contribution in [1.82, 2.24) is 0 Å². The van der Waals surface area contributed by atoms with E-state index in [-0.39, 0.29) is 0 Å². The van der Waals surface area contributed by atoms with Gasteiger partial charge < -0.3 is 10.1 Å². The predicted octanol–water partition coefficient (Wildman–Crippen LogP) is 5.36. The molecule has 2 aromatic rings. The zero-order valence-electron chi connectivity index (χ0n) is 13.3. The Kier molecular flexibility index (Phi) is 4.99. The van der Waals surface area contributed by atoms with E-state index in [9.17, 15) is 0 Å². The van der Waals surface area contributed by atoms with Gasteiger partial charge in [0.25, 0.3) is 0 Å². The monoisotopic (exact) mass is 295 g/mol. The van der Waals surface area contributed by atoms with Gasteiger partial charge in [0.1, 0.15) is 5.75 Å². The van der Waals surface area contributed by atoms with E-state index in [0.717, 1.165) is 18.2 Å². The van der Waals surface area contributed by atoms with Crippen LogP contribution in [0.15, 0.2) is 48.5 Å². The molecule has 1 aliphatic rings. The van der Waals surface area contributed by atoms with E-state index in [0.29, 0.717) is 0 Å². The van der Waals surface area contributed by atoms with Gasteiger partial charge in [0, 0.05) is 17.8 Å². The van der Waals surface area contributed by atoms with Crippen molar-refractivity contribution in [2.45, 2.75) is 44.6 Å². The van der Waals surface area contributed by atoms with Gasteiger partial charge in [-0.05, 0) is 42.5 Å². The highest BCUT2D eigenvalue weighted by Crippen LogP contribution is 2.33. The third-order valence-corrected chi connectivity index (χ3v) is 4.66. The van der Waals surface area contributed by atoms with Gasteiger partial charge in [-0.3, -0.25) is 0 Å². The molecule has 0 atom stereocenters. The third kappa shape index (κ3) is 3.62. The van der Waals surface area contributed by atoms with Crippen molar-refractivity contribution in [2.75, 3.05) is 12.4 Å². The minimum atomic E-state index is 0.775. The van der Waals surface area contributed by atoms with Crippen molar-refractivity contribution >= 4 is 5.69 Å². The Hall–Kier alpha value is -1.96. The number of hydrogen-bond donors (Lipinski definition) is 1. The Morgan fingerprint density at radius 2 is 1.68 bits per heavy atom. The summed E-state index contributed by atoms with van der Waals surface area (Å²) in [6.45, 7) is 0.785. The lowest BCUT2D eigenvalue weighted by Crippen LogP contribution is -2.05. The summed E-state index contributed by atoms with van der Waals surface area (Å²) in [7, 11) is 1.72. The Bertz CT molecular complexity index is 585. The molecule has 1 N–H and O–H groups in total. The van der Waals surface area contributed by atoms with Crippen LogP contribution in [0.25, 0.3) is 0 Å². The topological polar surface area (TPSA) is 21.3 Å². The SMILES string of the molecule is COc1ccccc1CNc1ccc(C2CCCCC2)cc1. The molecule has 0 bridgehead atoms. The molecule has 0 amide bonds. The zero-order chi connectivity index (χ0) is 15.2. The number of para-hydroxylation sites is 1. The van der Waals surface area contributed by atoms with E-state index in [1.54, 1.807) is 7.11 Å². The highest BCUT2D eigenvalue weighted by molar-refractivity contribution is 5.47. The summed E-state index contributed by atoms with van der Waals surface area (Å²) in [5.41, 5.74) is 3.86. The number of benzene rings is 2. The molecule has 0 unspecified atom stereocenters. The van der Waals surface area contributed by atoms with Crippen molar-refractivity contribution in [3.05, 3.63) is 59.7 Å². The molecule has 1 aliphatic carbocycles. The summed E-state index contributed by atoms with van der Waals surface area (Å²) in [6, 6.07) is 17.2. The number of nitrogens with one attached hydrogen (secondary N) is 1. The van der Waals surface area contributed by atoms with Crippen LogP contribution in [0, 0.1) is 0 Å². The lowest BCUT2D eigenvalue weighted by atomic mass is 9.84. The third-order valence-electron chi connectivity index (χ3n) is 4.66. The van der Waals surface area contributed by atoms with E-state index < -0.39 is 0 Å². The van der Waals surface area contributed by atoms with Gasteiger partial charge in [0.2, 0.25) is 0 Å². The Balaban J connectivity index is 1.61. The first-order valence-electron chi connectivity index (χ1n) is 8.32. The molecule has 1 saturated carbocycles. The second-order valence-corrected chi connectivity index (χ2v) is 6.12. The van der Waals surface area contributed by atoms with Crippen LogP contribution in [0.5, 0.6) is 5.75 Å². The minimum absolute atomic E-state index is 0.775. The van der Waals surface area contributed by atoms with Gasteiger partial charge in [-0.15, -0.1) is 0 Å². The van der Waals surface area contributed by atoms with Crippen LogP contribution < -0.4 is 10.1 Å². The fourth-order valence-electron chi connectivity index (χ4n) is 3.36. The highest BCUT2D eigenvalue weighted by atomic mass is 16.5. The standard InChI is InChI=1S/C20H25NO/c1-22-20-10-6-5-9-18(20)15-21-19-13-11-17(12-14-19)16-7-3-2-4-8-16/h5-6,9-14,16,21H,2-4,7-8,15H2,1H3. The van der Waals surface area contributed by atoms with Crippen LogP contribution in [0.1, 0.15) is 49.1 Å². The van der Waals surface area contributed by atoms with Crippen LogP contribution in [0.2, 0.25) is 0 Å². The van der Waals surface area contributed by atoms with Crippen molar-refractivity contribution in [1.29, 1.82) is 0 Å². The molecule has 0 spiro atoms. The molecule has 0 aliphatic heterocycles. The average Bonchev–Trinajstić information content (AvgIpc) is 2.61. The normalized spacial score (nSPS) is 15.5.